The summed E-state index contributed by atoms with van der Waals surface area (Å²) in [6, 6.07) is 5.70. The second kappa shape index (κ2) is 8.16. The van der Waals surface area contributed by atoms with Crippen molar-refractivity contribution >= 4 is 15.6 Å². The van der Waals surface area contributed by atoms with Gasteiger partial charge in [-0.2, -0.15) is 5.26 Å². The third kappa shape index (κ3) is 4.86. The molecule has 0 aliphatic carbocycles. The van der Waals surface area contributed by atoms with E-state index in [2.05, 4.69) is 4.98 Å². The quantitative estimate of drug-likeness (QED) is 0.664. The van der Waals surface area contributed by atoms with E-state index in [0.29, 0.717) is 12.3 Å². The summed E-state index contributed by atoms with van der Waals surface area (Å²) in [6.45, 7) is 3.73. The van der Waals surface area contributed by atoms with Crippen molar-refractivity contribution < 1.29 is 26.4 Å². The van der Waals surface area contributed by atoms with Crippen LogP contribution in [0.2, 0.25) is 0 Å². The molecule has 0 saturated carbocycles. The second-order valence-corrected chi connectivity index (χ2v) is 10.2. The Morgan fingerprint density at radius 1 is 1.17 bits per heavy atom. The highest BCUT2D eigenvalue weighted by molar-refractivity contribution is 7.93. The molecule has 30 heavy (non-hydrogen) atoms. The topological polar surface area (TPSA) is 114 Å². The van der Waals surface area contributed by atoms with Crippen LogP contribution in [0.25, 0.3) is 0 Å². The van der Waals surface area contributed by atoms with Gasteiger partial charge in [0.25, 0.3) is 0 Å². The molecule has 0 spiro atoms. The Morgan fingerprint density at radius 2 is 1.80 bits per heavy atom. The number of hydrogen-bond donors (Lipinski definition) is 1. The molecular weight excluding hydrogens is 419 g/mol. The number of carbonyl (C=O) groups excluding carboxylic acids is 1. The van der Waals surface area contributed by atoms with E-state index in [-0.39, 0.29) is 11.1 Å². The molecule has 1 aromatic heterocycles. The van der Waals surface area contributed by atoms with Gasteiger partial charge in [-0.1, -0.05) is 12.1 Å². The van der Waals surface area contributed by atoms with Gasteiger partial charge in [0, 0.05) is 18.1 Å². The number of benzene rings is 1. The predicted molar refractivity (Wildman–Crippen MR) is 104 cm³/mol. The van der Waals surface area contributed by atoms with Crippen molar-refractivity contribution in [2.45, 2.75) is 37.5 Å². The minimum absolute atomic E-state index is 0.183. The van der Waals surface area contributed by atoms with Crippen LogP contribution < -0.4 is 5.73 Å². The first-order chi connectivity index (χ1) is 13.7. The van der Waals surface area contributed by atoms with E-state index in [9.17, 15) is 26.4 Å². The zero-order chi connectivity index (χ0) is 22.9. The fraction of sp³-hybridized carbons (Fsp3) is 0.350. The number of ketones is 1. The van der Waals surface area contributed by atoms with Gasteiger partial charge in [0.1, 0.15) is 17.3 Å². The Bertz CT molecular complexity index is 1140. The van der Waals surface area contributed by atoms with Gasteiger partial charge < -0.3 is 5.73 Å². The normalized spacial score (nSPS) is 14.1. The Hall–Kier alpha value is -2.77. The van der Waals surface area contributed by atoms with Gasteiger partial charge in [-0.05, 0) is 32.4 Å². The molecule has 1 heterocycles. The smallest absolute Gasteiger partial charge is 0.188 e. The van der Waals surface area contributed by atoms with Gasteiger partial charge in [0.15, 0.2) is 26.2 Å². The zero-order valence-corrected chi connectivity index (χ0v) is 17.4. The molecular formula is C20H20F3N3O3S. The first-order valence-electron chi connectivity index (χ1n) is 8.76. The standard InChI is InChI=1S/C20H20F3N3O3S/c1-19(2,10-24)30(28,29)11-20(3,25)14-6-12(4-5-15(14)22)7-17(27)18-16(23)8-13(21)9-26-18/h4-6,8-9H,7,11,25H2,1-3H3/t20-/m0/s1. The zero-order valence-electron chi connectivity index (χ0n) is 16.5. The summed E-state index contributed by atoms with van der Waals surface area (Å²) < 4.78 is 64.5. The molecule has 0 aliphatic rings. The van der Waals surface area contributed by atoms with Gasteiger partial charge in [-0.25, -0.2) is 26.6 Å². The lowest BCUT2D eigenvalue weighted by Crippen LogP contribution is -2.46. The van der Waals surface area contributed by atoms with Crippen LogP contribution >= 0.6 is 0 Å². The molecule has 0 amide bonds. The van der Waals surface area contributed by atoms with Crippen molar-refractivity contribution in [3.05, 3.63) is 64.7 Å². The van der Waals surface area contributed by atoms with E-state index in [1.165, 1.54) is 32.9 Å². The number of aromatic nitrogens is 1. The lowest BCUT2D eigenvalue weighted by Gasteiger charge is -2.29. The first kappa shape index (κ1) is 23.5. The van der Waals surface area contributed by atoms with Gasteiger partial charge >= 0.3 is 0 Å². The molecule has 0 saturated heterocycles. The fourth-order valence-corrected chi connectivity index (χ4v) is 4.18. The molecule has 0 radical (unpaired) electrons. The number of rotatable bonds is 7. The number of nitriles is 1. The van der Waals surface area contributed by atoms with Crippen LogP contribution in [0.5, 0.6) is 0 Å². The van der Waals surface area contributed by atoms with E-state index < -0.39 is 61.2 Å². The van der Waals surface area contributed by atoms with Crippen LogP contribution in [0.15, 0.2) is 30.5 Å². The molecule has 10 heteroatoms. The number of halogens is 3. The van der Waals surface area contributed by atoms with Crippen molar-refractivity contribution in [2.75, 3.05) is 5.75 Å². The molecule has 0 bridgehead atoms. The molecule has 0 aliphatic heterocycles. The van der Waals surface area contributed by atoms with Gasteiger partial charge in [0.05, 0.1) is 23.6 Å². The molecule has 2 aromatic rings. The van der Waals surface area contributed by atoms with Crippen LogP contribution in [0, 0.1) is 28.8 Å². The third-order valence-electron chi connectivity index (χ3n) is 4.62. The van der Waals surface area contributed by atoms with Crippen LogP contribution in [0.3, 0.4) is 0 Å². The Labute approximate surface area is 172 Å². The fourth-order valence-electron chi connectivity index (χ4n) is 2.73. The number of nitrogens with two attached hydrogens (primary N) is 1. The Kier molecular flexibility index (Phi) is 6.40. The summed E-state index contributed by atoms with van der Waals surface area (Å²) in [5, 5.41) is 9.10. The van der Waals surface area contributed by atoms with Crippen molar-refractivity contribution in [1.29, 1.82) is 5.26 Å². The Balaban J connectivity index is 2.36. The summed E-state index contributed by atoms with van der Waals surface area (Å²) in [5.41, 5.74) is 3.86. The molecule has 2 N–H and O–H groups in total. The van der Waals surface area contributed by atoms with Crippen molar-refractivity contribution in [3.63, 3.8) is 0 Å². The number of hydrogen-bond acceptors (Lipinski definition) is 6. The predicted octanol–water partition coefficient (Wildman–Crippen LogP) is 2.82. The average Bonchev–Trinajstić information content (AvgIpc) is 2.62. The number of nitrogens with zero attached hydrogens (tertiary/aromatic N) is 2. The monoisotopic (exact) mass is 439 g/mol. The van der Waals surface area contributed by atoms with Crippen molar-refractivity contribution in [1.82, 2.24) is 4.98 Å². The number of Topliss-reactive ketones (excluding diaryl/α,β-unsaturated/α-hetero) is 1. The van der Waals surface area contributed by atoms with Crippen LogP contribution in [-0.4, -0.2) is 29.7 Å². The molecule has 2 rings (SSSR count). The summed E-state index contributed by atoms with van der Waals surface area (Å²) in [4.78, 5) is 15.7. The first-order valence-corrected chi connectivity index (χ1v) is 10.4. The second-order valence-electron chi connectivity index (χ2n) is 7.70. The minimum atomic E-state index is -4.04. The third-order valence-corrected chi connectivity index (χ3v) is 7.25. The minimum Gasteiger partial charge on any atom is -0.321 e. The van der Waals surface area contributed by atoms with Crippen LogP contribution in [-0.2, 0) is 21.8 Å². The van der Waals surface area contributed by atoms with E-state index in [1.54, 1.807) is 6.07 Å². The summed E-state index contributed by atoms with van der Waals surface area (Å²) in [5.74, 6) is -4.36. The Morgan fingerprint density at radius 3 is 2.37 bits per heavy atom. The maximum Gasteiger partial charge on any atom is 0.188 e. The van der Waals surface area contributed by atoms with E-state index in [0.717, 1.165) is 6.07 Å². The van der Waals surface area contributed by atoms with E-state index in [1.807, 2.05) is 0 Å². The lowest BCUT2D eigenvalue weighted by molar-refractivity contribution is 0.0983. The molecule has 1 aromatic carbocycles. The molecule has 160 valence electrons. The molecule has 0 fully saturated rings. The molecule has 0 unspecified atom stereocenters. The van der Waals surface area contributed by atoms with Crippen molar-refractivity contribution in [2.24, 2.45) is 5.73 Å². The molecule has 6 nitrogen and oxygen atoms in total. The maximum absolute atomic E-state index is 14.4. The average molecular weight is 439 g/mol. The van der Waals surface area contributed by atoms with E-state index >= 15 is 0 Å². The summed E-state index contributed by atoms with van der Waals surface area (Å²) >= 11 is 0. The SMILES string of the molecule is CC(C)(C#N)S(=O)(=O)C[C@](C)(N)c1cc(CC(=O)c2ncc(F)cc2F)ccc1F. The maximum atomic E-state index is 14.4. The van der Waals surface area contributed by atoms with Crippen LogP contribution in [0.4, 0.5) is 13.2 Å². The van der Waals surface area contributed by atoms with Gasteiger partial charge in [-0.15, -0.1) is 0 Å². The summed E-state index contributed by atoms with van der Waals surface area (Å²) in [7, 11) is -4.04. The van der Waals surface area contributed by atoms with Crippen molar-refractivity contribution in [3.8, 4) is 6.07 Å². The highest BCUT2D eigenvalue weighted by Crippen LogP contribution is 2.28. The highest BCUT2D eigenvalue weighted by atomic mass is 32.2. The van der Waals surface area contributed by atoms with Gasteiger partial charge in [0.2, 0.25) is 0 Å². The molecule has 1 atom stereocenters. The number of carbonyl (C=O) groups is 1. The number of pyridine rings is 1. The van der Waals surface area contributed by atoms with Gasteiger partial charge in [-0.3, -0.25) is 4.79 Å². The number of sulfone groups is 1. The highest BCUT2D eigenvalue weighted by Gasteiger charge is 2.40. The largest absolute Gasteiger partial charge is 0.321 e. The summed E-state index contributed by atoms with van der Waals surface area (Å²) in [6.07, 6.45) is 0.306. The van der Waals surface area contributed by atoms with Crippen LogP contribution in [0.1, 0.15) is 42.4 Å². The van der Waals surface area contributed by atoms with E-state index in [4.69, 9.17) is 11.0 Å². The lowest BCUT2D eigenvalue weighted by atomic mass is 9.92.